The van der Waals surface area contributed by atoms with Crippen molar-refractivity contribution in [1.82, 2.24) is 10.3 Å². The quantitative estimate of drug-likeness (QED) is 0.755. The van der Waals surface area contributed by atoms with Crippen LogP contribution in [0.1, 0.15) is 28.8 Å². The summed E-state index contributed by atoms with van der Waals surface area (Å²) in [5.41, 5.74) is 6.00. The van der Waals surface area contributed by atoms with Gasteiger partial charge in [0.05, 0.1) is 13.5 Å². The van der Waals surface area contributed by atoms with Gasteiger partial charge in [-0.15, -0.1) is 0 Å². The van der Waals surface area contributed by atoms with E-state index < -0.39 is 0 Å². The molecule has 4 rings (SSSR count). The first-order valence-corrected chi connectivity index (χ1v) is 9.15. The number of benzene rings is 2. The number of aryl methyl sites for hydroxylation is 2. The molecule has 1 aliphatic rings. The fraction of sp³-hybridized carbons (Fsp3) is 0.318. The van der Waals surface area contributed by atoms with Crippen LogP contribution in [0.4, 0.5) is 0 Å². The third kappa shape index (κ3) is 3.19. The lowest BCUT2D eigenvalue weighted by Crippen LogP contribution is -2.39. The summed E-state index contributed by atoms with van der Waals surface area (Å²) >= 11 is 0. The maximum absolute atomic E-state index is 12.5. The van der Waals surface area contributed by atoms with Crippen LogP contribution >= 0.6 is 0 Å². The number of rotatable bonds is 4. The summed E-state index contributed by atoms with van der Waals surface area (Å²) in [4.78, 5) is 16.0. The topological polar surface area (TPSA) is 54.1 Å². The van der Waals surface area contributed by atoms with Gasteiger partial charge in [-0.2, -0.15) is 0 Å². The maximum Gasteiger partial charge on any atom is 0.224 e. The molecule has 1 atom stereocenters. The standard InChI is InChI=1S/C22H24N2O2/c1-14-5-3-4-6-15(14)11-22(25)23-16-7-9-20-18(12-16)19-13-17(26-2)8-10-21(19)24-20/h3-6,8,10,13,16,24H,7,9,11-12H2,1-2H3,(H,23,25). The highest BCUT2D eigenvalue weighted by molar-refractivity contribution is 5.86. The van der Waals surface area contributed by atoms with E-state index in [1.807, 2.05) is 24.3 Å². The number of carbonyl (C=O) groups excluding carboxylic acids is 1. The fourth-order valence-electron chi connectivity index (χ4n) is 3.91. The first kappa shape index (κ1) is 16.7. The lowest BCUT2D eigenvalue weighted by Gasteiger charge is -2.24. The molecule has 2 N–H and O–H groups in total. The summed E-state index contributed by atoms with van der Waals surface area (Å²) in [5.74, 6) is 0.968. The molecule has 1 unspecified atom stereocenters. The number of hydrogen-bond donors (Lipinski definition) is 2. The average molecular weight is 348 g/mol. The number of amides is 1. The lowest BCUT2D eigenvalue weighted by atomic mass is 9.91. The zero-order valence-corrected chi connectivity index (χ0v) is 15.3. The van der Waals surface area contributed by atoms with Crippen molar-refractivity contribution >= 4 is 16.8 Å². The van der Waals surface area contributed by atoms with Crippen LogP contribution in [0, 0.1) is 6.92 Å². The Labute approximate surface area is 153 Å². The lowest BCUT2D eigenvalue weighted by molar-refractivity contribution is -0.121. The second-order valence-corrected chi connectivity index (χ2v) is 7.10. The zero-order valence-electron chi connectivity index (χ0n) is 15.3. The third-order valence-corrected chi connectivity index (χ3v) is 5.37. The van der Waals surface area contributed by atoms with Crippen molar-refractivity contribution in [3.63, 3.8) is 0 Å². The monoisotopic (exact) mass is 348 g/mol. The van der Waals surface area contributed by atoms with E-state index in [1.165, 1.54) is 16.6 Å². The zero-order chi connectivity index (χ0) is 18.1. The van der Waals surface area contributed by atoms with Gasteiger partial charge in [-0.05, 0) is 61.1 Å². The molecule has 0 aliphatic heterocycles. The smallest absolute Gasteiger partial charge is 0.224 e. The van der Waals surface area contributed by atoms with Gasteiger partial charge >= 0.3 is 0 Å². The van der Waals surface area contributed by atoms with E-state index in [4.69, 9.17) is 4.74 Å². The molecule has 0 radical (unpaired) electrons. The molecule has 2 aromatic carbocycles. The Balaban J connectivity index is 1.49. The molecular weight excluding hydrogens is 324 g/mol. The summed E-state index contributed by atoms with van der Waals surface area (Å²) in [7, 11) is 1.69. The van der Waals surface area contributed by atoms with Gasteiger partial charge in [0.2, 0.25) is 5.91 Å². The summed E-state index contributed by atoms with van der Waals surface area (Å²) < 4.78 is 5.37. The van der Waals surface area contributed by atoms with Crippen LogP contribution in [-0.2, 0) is 24.1 Å². The number of methoxy groups -OCH3 is 1. The summed E-state index contributed by atoms with van der Waals surface area (Å²) in [5, 5.41) is 4.44. The third-order valence-electron chi connectivity index (χ3n) is 5.37. The Morgan fingerprint density at radius 3 is 2.92 bits per heavy atom. The van der Waals surface area contributed by atoms with Gasteiger partial charge in [-0.1, -0.05) is 24.3 Å². The molecule has 0 spiro atoms. The molecule has 1 amide bonds. The van der Waals surface area contributed by atoms with Gasteiger partial charge in [0, 0.05) is 22.6 Å². The minimum absolute atomic E-state index is 0.102. The normalized spacial score (nSPS) is 16.3. The van der Waals surface area contributed by atoms with Gasteiger partial charge in [0.25, 0.3) is 0 Å². The van der Waals surface area contributed by atoms with Crippen molar-refractivity contribution in [2.24, 2.45) is 0 Å². The van der Waals surface area contributed by atoms with Crippen molar-refractivity contribution < 1.29 is 9.53 Å². The molecule has 134 valence electrons. The summed E-state index contributed by atoms with van der Waals surface area (Å²) in [6.07, 6.45) is 3.23. The first-order valence-electron chi connectivity index (χ1n) is 9.15. The Kier molecular flexibility index (Phi) is 4.41. The Hall–Kier alpha value is -2.75. The van der Waals surface area contributed by atoms with Gasteiger partial charge in [0.15, 0.2) is 0 Å². The molecule has 0 bridgehead atoms. The Bertz CT molecular complexity index is 958. The van der Waals surface area contributed by atoms with Crippen molar-refractivity contribution in [2.75, 3.05) is 7.11 Å². The second-order valence-electron chi connectivity index (χ2n) is 7.10. The number of fused-ring (bicyclic) bond motifs is 3. The molecule has 1 aromatic heterocycles. The predicted molar refractivity (Wildman–Crippen MR) is 104 cm³/mol. The minimum atomic E-state index is 0.102. The van der Waals surface area contributed by atoms with Crippen LogP contribution in [0.25, 0.3) is 10.9 Å². The largest absolute Gasteiger partial charge is 0.497 e. The van der Waals surface area contributed by atoms with Crippen molar-refractivity contribution in [2.45, 2.75) is 38.6 Å². The van der Waals surface area contributed by atoms with E-state index in [9.17, 15) is 4.79 Å². The Morgan fingerprint density at radius 1 is 1.27 bits per heavy atom. The van der Waals surface area contributed by atoms with Crippen molar-refractivity contribution in [3.05, 3.63) is 64.8 Å². The van der Waals surface area contributed by atoms with E-state index in [0.717, 1.165) is 41.7 Å². The molecule has 0 saturated heterocycles. The highest BCUT2D eigenvalue weighted by Gasteiger charge is 2.24. The van der Waals surface area contributed by atoms with Gasteiger partial charge in [0.1, 0.15) is 5.75 Å². The molecule has 0 fully saturated rings. The van der Waals surface area contributed by atoms with Crippen LogP contribution in [0.2, 0.25) is 0 Å². The van der Waals surface area contributed by atoms with Crippen molar-refractivity contribution in [1.29, 1.82) is 0 Å². The van der Waals surface area contributed by atoms with Crippen molar-refractivity contribution in [3.8, 4) is 5.75 Å². The van der Waals surface area contributed by atoms with Gasteiger partial charge in [-0.25, -0.2) is 0 Å². The second kappa shape index (κ2) is 6.87. The minimum Gasteiger partial charge on any atom is -0.497 e. The Morgan fingerprint density at radius 2 is 2.12 bits per heavy atom. The predicted octanol–water partition coefficient (Wildman–Crippen LogP) is 3.70. The number of aromatic amines is 1. The molecule has 4 heteroatoms. The molecule has 26 heavy (non-hydrogen) atoms. The van der Waals surface area contributed by atoms with E-state index in [1.54, 1.807) is 7.11 Å². The first-order chi connectivity index (χ1) is 12.6. The van der Waals surface area contributed by atoms with Crippen LogP contribution in [0.15, 0.2) is 42.5 Å². The van der Waals surface area contributed by atoms with Crippen LogP contribution < -0.4 is 10.1 Å². The van der Waals surface area contributed by atoms with E-state index in [2.05, 4.69) is 35.4 Å². The molecular formula is C22H24N2O2. The average Bonchev–Trinajstić information content (AvgIpc) is 3.00. The molecule has 1 heterocycles. The van der Waals surface area contributed by atoms with Crippen LogP contribution in [0.3, 0.4) is 0 Å². The number of aromatic nitrogens is 1. The maximum atomic E-state index is 12.5. The molecule has 3 aromatic rings. The van der Waals surface area contributed by atoms with E-state index in [0.29, 0.717) is 6.42 Å². The van der Waals surface area contributed by atoms with Gasteiger partial charge < -0.3 is 15.0 Å². The highest BCUT2D eigenvalue weighted by Crippen LogP contribution is 2.31. The number of carbonyl (C=O) groups is 1. The number of ether oxygens (including phenoxy) is 1. The van der Waals surface area contributed by atoms with E-state index in [-0.39, 0.29) is 11.9 Å². The van der Waals surface area contributed by atoms with Crippen LogP contribution in [-0.4, -0.2) is 24.0 Å². The summed E-state index contributed by atoms with van der Waals surface area (Å²) in [6.45, 7) is 2.05. The molecule has 0 saturated carbocycles. The van der Waals surface area contributed by atoms with Gasteiger partial charge in [-0.3, -0.25) is 4.79 Å². The number of hydrogen-bond acceptors (Lipinski definition) is 2. The number of nitrogens with one attached hydrogen (secondary N) is 2. The fourth-order valence-corrected chi connectivity index (χ4v) is 3.91. The summed E-state index contributed by atoms with van der Waals surface area (Å²) in [6, 6.07) is 14.4. The molecule has 4 nitrogen and oxygen atoms in total. The van der Waals surface area contributed by atoms with Crippen LogP contribution in [0.5, 0.6) is 5.75 Å². The highest BCUT2D eigenvalue weighted by atomic mass is 16.5. The van der Waals surface area contributed by atoms with E-state index >= 15 is 0 Å². The molecule has 1 aliphatic carbocycles. The number of H-pyrrole nitrogens is 1. The SMILES string of the molecule is COc1ccc2[nH]c3c(c2c1)CC(NC(=O)Cc1ccccc1C)CC3.